The van der Waals surface area contributed by atoms with Gasteiger partial charge in [-0.2, -0.15) is 0 Å². The second-order valence-electron chi connectivity index (χ2n) is 4.21. The second kappa shape index (κ2) is 6.06. The first-order chi connectivity index (χ1) is 9.65. The van der Waals surface area contributed by atoms with E-state index in [1.54, 1.807) is 10.8 Å². The van der Waals surface area contributed by atoms with Gasteiger partial charge >= 0.3 is 11.9 Å². The number of hydrogen-bond acceptors (Lipinski definition) is 4. The molecule has 1 heterocycles. The maximum Gasteiger partial charge on any atom is 0.354 e. The van der Waals surface area contributed by atoms with Crippen LogP contribution in [-0.4, -0.2) is 30.7 Å². The number of ether oxygens (including phenoxy) is 2. The van der Waals surface area contributed by atoms with Gasteiger partial charge in [0.25, 0.3) is 0 Å². The van der Waals surface area contributed by atoms with Crippen molar-refractivity contribution in [2.75, 3.05) is 14.2 Å². The lowest BCUT2D eigenvalue weighted by atomic mass is 10.2. The molecule has 1 aromatic heterocycles. The Morgan fingerprint density at radius 3 is 2.30 bits per heavy atom. The number of carbonyl (C=O) groups is 2. The van der Waals surface area contributed by atoms with Crippen LogP contribution in [0.4, 0.5) is 0 Å². The highest BCUT2D eigenvalue weighted by atomic mass is 16.5. The molecular formula is C15H15NO4. The van der Waals surface area contributed by atoms with Gasteiger partial charge < -0.3 is 14.0 Å². The van der Waals surface area contributed by atoms with E-state index in [4.69, 9.17) is 4.74 Å². The molecule has 0 aliphatic heterocycles. The molecule has 104 valence electrons. The molecule has 0 atom stereocenters. The van der Waals surface area contributed by atoms with Gasteiger partial charge in [0.15, 0.2) is 0 Å². The molecule has 0 amide bonds. The van der Waals surface area contributed by atoms with Crippen molar-refractivity contribution < 1.29 is 19.1 Å². The Morgan fingerprint density at radius 2 is 1.70 bits per heavy atom. The molecule has 0 bridgehead atoms. The maximum atomic E-state index is 11.8. The number of methoxy groups -OCH3 is 2. The van der Waals surface area contributed by atoms with Gasteiger partial charge in [-0.1, -0.05) is 30.3 Å². The van der Waals surface area contributed by atoms with E-state index in [1.807, 2.05) is 30.3 Å². The summed E-state index contributed by atoms with van der Waals surface area (Å²) in [5.74, 6) is -0.974. The quantitative estimate of drug-likeness (QED) is 0.801. The standard InChI is InChI=1S/C15H15NO4/c1-19-14(17)12-8-13(15(18)20-2)16(10-12)9-11-6-4-3-5-7-11/h3-8,10H,9H2,1-2H3. The molecule has 2 aromatic rings. The molecule has 0 radical (unpaired) electrons. The Bertz CT molecular complexity index is 616. The molecule has 0 N–H and O–H groups in total. The normalized spacial score (nSPS) is 10.1. The summed E-state index contributed by atoms with van der Waals surface area (Å²) in [6, 6.07) is 11.1. The van der Waals surface area contributed by atoms with Crippen LogP contribution in [-0.2, 0) is 16.0 Å². The molecule has 0 unspecified atom stereocenters. The fraction of sp³-hybridized carbons (Fsp3) is 0.200. The van der Waals surface area contributed by atoms with Crippen LogP contribution in [0, 0.1) is 0 Å². The molecule has 1 aromatic carbocycles. The molecule has 0 saturated carbocycles. The first-order valence-corrected chi connectivity index (χ1v) is 6.06. The molecule has 0 aliphatic rings. The van der Waals surface area contributed by atoms with Crippen molar-refractivity contribution in [1.29, 1.82) is 0 Å². The summed E-state index contributed by atoms with van der Waals surface area (Å²) in [5, 5.41) is 0. The van der Waals surface area contributed by atoms with Crippen LogP contribution in [0.15, 0.2) is 42.6 Å². The third-order valence-corrected chi connectivity index (χ3v) is 2.91. The van der Waals surface area contributed by atoms with Crippen LogP contribution in [0.1, 0.15) is 26.4 Å². The third kappa shape index (κ3) is 2.88. The van der Waals surface area contributed by atoms with Gasteiger partial charge in [0.1, 0.15) is 5.69 Å². The Morgan fingerprint density at radius 1 is 1.05 bits per heavy atom. The molecule has 5 heteroatoms. The summed E-state index contributed by atoms with van der Waals surface area (Å²) >= 11 is 0. The predicted molar refractivity (Wildman–Crippen MR) is 72.7 cm³/mol. The highest BCUT2D eigenvalue weighted by Crippen LogP contribution is 2.14. The summed E-state index contributed by atoms with van der Waals surface area (Å²) in [4.78, 5) is 23.3. The molecule has 2 rings (SSSR count). The molecular weight excluding hydrogens is 258 g/mol. The minimum atomic E-state index is -0.490. The zero-order valence-electron chi connectivity index (χ0n) is 11.3. The Hall–Kier alpha value is -2.56. The molecule has 5 nitrogen and oxygen atoms in total. The van der Waals surface area contributed by atoms with Crippen molar-refractivity contribution in [3.63, 3.8) is 0 Å². The van der Waals surface area contributed by atoms with E-state index in [-0.39, 0.29) is 0 Å². The van der Waals surface area contributed by atoms with Gasteiger partial charge in [-0.15, -0.1) is 0 Å². The summed E-state index contributed by atoms with van der Waals surface area (Å²) < 4.78 is 11.1. The number of carbonyl (C=O) groups excluding carboxylic acids is 2. The lowest BCUT2D eigenvalue weighted by molar-refractivity contribution is 0.0587. The fourth-order valence-electron chi connectivity index (χ4n) is 1.93. The van der Waals surface area contributed by atoms with Crippen molar-refractivity contribution in [2.24, 2.45) is 0 Å². The van der Waals surface area contributed by atoms with E-state index in [1.165, 1.54) is 20.3 Å². The highest BCUT2D eigenvalue weighted by Gasteiger charge is 2.18. The van der Waals surface area contributed by atoms with Crippen LogP contribution >= 0.6 is 0 Å². The average molecular weight is 273 g/mol. The molecule has 0 fully saturated rings. The van der Waals surface area contributed by atoms with Crippen LogP contribution in [0.25, 0.3) is 0 Å². The van der Waals surface area contributed by atoms with Crippen molar-refractivity contribution in [1.82, 2.24) is 4.57 Å². The molecule has 0 spiro atoms. The summed E-state index contributed by atoms with van der Waals surface area (Å²) in [6.07, 6.45) is 1.59. The fourth-order valence-corrected chi connectivity index (χ4v) is 1.93. The van der Waals surface area contributed by atoms with Gasteiger partial charge in [0.2, 0.25) is 0 Å². The maximum absolute atomic E-state index is 11.8. The van der Waals surface area contributed by atoms with E-state index < -0.39 is 11.9 Å². The predicted octanol–water partition coefficient (Wildman–Crippen LogP) is 2.11. The zero-order valence-corrected chi connectivity index (χ0v) is 11.3. The minimum absolute atomic E-state index is 0.316. The molecule has 20 heavy (non-hydrogen) atoms. The summed E-state index contributed by atoms with van der Waals surface area (Å²) in [6.45, 7) is 0.474. The van der Waals surface area contributed by atoms with Crippen molar-refractivity contribution in [2.45, 2.75) is 6.54 Å². The van der Waals surface area contributed by atoms with E-state index >= 15 is 0 Å². The smallest absolute Gasteiger partial charge is 0.354 e. The van der Waals surface area contributed by atoms with Gasteiger partial charge in [-0.25, -0.2) is 9.59 Å². The van der Waals surface area contributed by atoms with E-state index in [9.17, 15) is 9.59 Å². The Kier molecular flexibility index (Phi) is 4.20. The van der Waals surface area contributed by atoms with Gasteiger partial charge in [0.05, 0.1) is 19.8 Å². The number of hydrogen-bond donors (Lipinski definition) is 0. The first kappa shape index (κ1) is 13.9. The number of esters is 2. The van der Waals surface area contributed by atoms with E-state index in [0.29, 0.717) is 17.8 Å². The Labute approximate surface area is 116 Å². The topological polar surface area (TPSA) is 57.5 Å². The van der Waals surface area contributed by atoms with Crippen LogP contribution in [0.2, 0.25) is 0 Å². The molecule has 0 saturated heterocycles. The second-order valence-corrected chi connectivity index (χ2v) is 4.21. The number of aromatic nitrogens is 1. The lowest BCUT2D eigenvalue weighted by Crippen LogP contribution is -2.10. The van der Waals surface area contributed by atoms with Crippen LogP contribution in [0.5, 0.6) is 0 Å². The number of rotatable bonds is 4. The monoisotopic (exact) mass is 273 g/mol. The molecule has 0 aliphatic carbocycles. The van der Waals surface area contributed by atoms with Gasteiger partial charge in [-0.05, 0) is 11.6 Å². The number of nitrogens with zero attached hydrogens (tertiary/aromatic N) is 1. The average Bonchev–Trinajstić information content (AvgIpc) is 2.90. The van der Waals surface area contributed by atoms with Crippen molar-refractivity contribution in [3.8, 4) is 0 Å². The Balaban J connectivity index is 2.37. The van der Waals surface area contributed by atoms with Gasteiger partial charge in [0, 0.05) is 12.7 Å². The largest absolute Gasteiger partial charge is 0.465 e. The lowest BCUT2D eigenvalue weighted by Gasteiger charge is -2.07. The highest BCUT2D eigenvalue weighted by molar-refractivity contribution is 5.94. The van der Waals surface area contributed by atoms with Crippen molar-refractivity contribution in [3.05, 3.63) is 59.4 Å². The summed E-state index contributed by atoms with van der Waals surface area (Å²) in [7, 11) is 2.61. The first-order valence-electron chi connectivity index (χ1n) is 6.06. The zero-order chi connectivity index (χ0) is 14.5. The SMILES string of the molecule is COC(=O)c1cc(C(=O)OC)n(Cc2ccccc2)c1. The van der Waals surface area contributed by atoms with Gasteiger partial charge in [-0.3, -0.25) is 0 Å². The summed E-state index contributed by atoms with van der Waals surface area (Å²) in [5.41, 5.74) is 1.66. The van der Waals surface area contributed by atoms with Crippen LogP contribution in [0.3, 0.4) is 0 Å². The third-order valence-electron chi connectivity index (χ3n) is 2.91. The van der Waals surface area contributed by atoms with E-state index in [2.05, 4.69) is 4.74 Å². The van der Waals surface area contributed by atoms with Crippen molar-refractivity contribution >= 4 is 11.9 Å². The van der Waals surface area contributed by atoms with Crippen LogP contribution < -0.4 is 0 Å². The number of benzene rings is 1. The minimum Gasteiger partial charge on any atom is -0.465 e. The van der Waals surface area contributed by atoms with E-state index in [0.717, 1.165) is 5.56 Å².